The monoisotopic (exact) mass is 450 g/mol. The molecule has 23 heavy (non-hydrogen) atoms. The molecule has 0 aliphatic heterocycles. The van der Waals surface area contributed by atoms with E-state index in [9.17, 15) is 0 Å². The Morgan fingerprint density at radius 1 is 0.783 bits per heavy atom. The number of hydrogen-bond acceptors (Lipinski definition) is 2. The third-order valence-electron chi connectivity index (χ3n) is 5.16. The normalized spacial score (nSPS) is 21.2. The molecule has 0 N–H and O–H groups in total. The average Bonchev–Trinajstić information content (AvgIpc) is 3.07. The van der Waals surface area contributed by atoms with Gasteiger partial charge in [0.2, 0.25) is 0 Å². The summed E-state index contributed by atoms with van der Waals surface area (Å²) in [5.74, 6) is 0. The van der Waals surface area contributed by atoms with Crippen molar-refractivity contribution >= 4 is 55.1 Å². The fourth-order valence-corrected chi connectivity index (χ4v) is 11.7. The summed E-state index contributed by atoms with van der Waals surface area (Å²) >= 11 is 2.24. The molecule has 3 heteroatoms. The molecule has 2 aromatic heterocycles. The molecule has 0 amide bonds. The fourth-order valence-electron chi connectivity index (χ4n) is 3.99. The SMILES string of the molecule is Cc1cc2c(s1)CCC/C2=C1/CCCc2s[c]([Sn]([CH3])([CH3])[CH3])cc21. The first-order valence-electron chi connectivity index (χ1n) is 8.89. The summed E-state index contributed by atoms with van der Waals surface area (Å²) in [6.07, 6.45) is 7.90. The minimum atomic E-state index is -1.95. The van der Waals surface area contributed by atoms with Crippen molar-refractivity contribution in [3.8, 4) is 0 Å². The molecule has 0 atom stereocenters. The molecule has 122 valence electrons. The van der Waals surface area contributed by atoms with Crippen molar-refractivity contribution in [3.05, 3.63) is 37.9 Å². The summed E-state index contributed by atoms with van der Waals surface area (Å²) in [4.78, 5) is 12.5. The first-order chi connectivity index (χ1) is 10.9. The molecular weight excluding hydrogens is 423 g/mol. The molecule has 0 nitrogen and oxygen atoms in total. The van der Waals surface area contributed by atoms with E-state index in [1.165, 1.54) is 43.4 Å². The summed E-state index contributed by atoms with van der Waals surface area (Å²) in [5, 5.41) is 0. The Morgan fingerprint density at radius 2 is 1.35 bits per heavy atom. The first kappa shape index (κ1) is 16.4. The van der Waals surface area contributed by atoms with Crippen LogP contribution >= 0.6 is 22.7 Å². The molecular formula is C20H26S2Sn. The summed E-state index contributed by atoms with van der Waals surface area (Å²) in [6, 6.07) is 5.08. The van der Waals surface area contributed by atoms with Crippen LogP contribution in [0.25, 0.3) is 11.1 Å². The van der Waals surface area contributed by atoms with Crippen LogP contribution in [0.15, 0.2) is 12.1 Å². The van der Waals surface area contributed by atoms with Crippen LogP contribution in [-0.2, 0) is 12.8 Å². The predicted octanol–water partition coefficient (Wildman–Crippen LogP) is 6.25. The molecule has 2 aliphatic carbocycles. The summed E-state index contributed by atoms with van der Waals surface area (Å²) in [5.41, 5.74) is 6.66. The van der Waals surface area contributed by atoms with Gasteiger partial charge in [-0.3, -0.25) is 0 Å². The molecule has 0 radical (unpaired) electrons. The van der Waals surface area contributed by atoms with E-state index in [0.717, 1.165) is 0 Å². The van der Waals surface area contributed by atoms with E-state index in [1.54, 1.807) is 34.9 Å². The first-order valence-corrected chi connectivity index (χ1v) is 20.5. The average molecular weight is 449 g/mol. The van der Waals surface area contributed by atoms with Crippen LogP contribution in [0.3, 0.4) is 0 Å². The molecule has 2 aromatic rings. The summed E-state index contributed by atoms with van der Waals surface area (Å²) < 4.78 is 1.77. The Balaban J connectivity index is 1.88. The number of thiophene rings is 2. The third-order valence-corrected chi connectivity index (χ3v) is 16.9. The fraction of sp³-hybridized carbons (Fsp3) is 0.500. The topological polar surface area (TPSA) is 0 Å². The van der Waals surface area contributed by atoms with Crippen LogP contribution in [0.2, 0.25) is 14.8 Å². The summed E-state index contributed by atoms with van der Waals surface area (Å²) in [7, 11) is 0. The molecule has 0 saturated heterocycles. The standard InChI is InChI=1S/C17H17S2.3CH3.Sn/c1-11-10-15-13(5-3-7-17(15)19-11)12-4-2-6-16-14(12)8-9-18-16;;;;/h8,10H,2-7H2,1H3;3*1H3;/b13-12+;;;;. The van der Waals surface area contributed by atoms with Gasteiger partial charge in [-0.2, -0.15) is 0 Å². The van der Waals surface area contributed by atoms with Gasteiger partial charge >= 0.3 is 153 Å². The Labute approximate surface area is 152 Å². The third kappa shape index (κ3) is 3.00. The van der Waals surface area contributed by atoms with E-state index in [0.29, 0.717) is 0 Å². The van der Waals surface area contributed by atoms with Crippen molar-refractivity contribution < 1.29 is 0 Å². The van der Waals surface area contributed by atoms with E-state index in [1.807, 2.05) is 11.3 Å². The number of hydrogen-bond donors (Lipinski definition) is 0. The van der Waals surface area contributed by atoms with E-state index < -0.39 is 18.4 Å². The zero-order valence-corrected chi connectivity index (χ0v) is 19.2. The van der Waals surface area contributed by atoms with Crippen molar-refractivity contribution in [2.75, 3.05) is 0 Å². The van der Waals surface area contributed by atoms with Gasteiger partial charge in [0.25, 0.3) is 0 Å². The zero-order valence-electron chi connectivity index (χ0n) is 14.7. The van der Waals surface area contributed by atoms with Crippen LogP contribution in [0, 0.1) is 6.92 Å². The predicted molar refractivity (Wildman–Crippen MR) is 109 cm³/mol. The molecule has 4 rings (SSSR count). The van der Waals surface area contributed by atoms with Crippen molar-refractivity contribution in [1.29, 1.82) is 0 Å². The molecule has 0 unspecified atom stereocenters. The maximum absolute atomic E-state index is 2.62. The number of rotatable bonds is 1. The van der Waals surface area contributed by atoms with Crippen LogP contribution < -0.4 is 2.89 Å². The van der Waals surface area contributed by atoms with Gasteiger partial charge in [0.05, 0.1) is 0 Å². The Hall–Kier alpha value is -0.0613. The second-order valence-electron chi connectivity index (χ2n) is 8.06. The van der Waals surface area contributed by atoms with E-state index in [-0.39, 0.29) is 0 Å². The molecule has 0 bridgehead atoms. The van der Waals surface area contributed by atoms with E-state index in [4.69, 9.17) is 0 Å². The van der Waals surface area contributed by atoms with Crippen LogP contribution in [0.1, 0.15) is 51.4 Å². The van der Waals surface area contributed by atoms with Gasteiger partial charge in [-0.05, 0) is 0 Å². The van der Waals surface area contributed by atoms with E-state index >= 15 is 0 Å². The van der Waals surface area contributed by atoms with Crippen molar-refractivity contribution in [3.63, 3.8) is 0 Å². The van der Waals surface area contributed by atoms with Crippen molar-refractivity contribution in [2.24, 2.45) is 0 Å². The quantitative estimate of drug-likeness (QED) is 0.452. The molecule has 2 aliphatic rings. The Kier molecular flexibility index (Phi) is 4.30. The van der Waals surface area contributed by atoms with Gasteiger partial charge in [-0.15, -0.1) is 0 Å². The minimum absolute atomic E-state index is 1.29. The van der Waals surface area contributed by atoms with Gasteiger partial charge < -0.3 is 0 Å². The molecule has 0 aromatic carbocycles. The van der Waals surface area contributed by atoms with Gasteiger partial charge in [-0.1, -0.05) is 0 Å². The second-order valence-corrected chi connectivity index (χ2v) is 25.9. The second kappa shape index (κ2) is 6.03. The van der Waals surface area contributed by atoms with E-state index in [2.05, 4.69) is 45.2 Å². The summed E-state index contributed by atoms with van der Waals surface area (Å²) in [6.45, 7) is 2.27. The van der Waals surface area contributed by atoms with Crippen molar-refractivity contribution in [2.45, 2.75) is 60.3 Å². The van der Waals surface area contributed by atoms with Gasteiger partial charge in [-0.25, -0.2) is 0 Å². The number of fused-ring (bicyclic) bond motifs is 2. The van der Waals surface area contributed by atoms with Gasteiger partial charge in [0.1, 0.15) is 0 Å². The Bertz CT molecular complexity index is 783. The zero-order chi connectivity index (χ0) is 16.2. The molecule has 0 fully saturated rings. The molecule has 0 saturated carbocycles. The number of allylic oxidation sites excluding steroid dienone is 2. The van der Waals surface area contributed by atoms with Gasteiger partial charge in [0, 0.05) is 0 Å². The maximum atomic E-state index is 2.62. The van der Waals surface area contributed by atoms with Crippen molar-refractivity contribution in [1.82, 2.24) is 0 Å². The number of aryl methyl sites for hydroxylation is 3. The molecule has 0 spiro atoms. The Morgan fingerprint density at radius 3 is 1.96 bits per heavy atom. The van der Waals surface area contributed by atoms with Crippen LogP contribution in [0.5, 0.6) is 0 Å². The van der Waals surface area contributed by atoms with Crippen LogP contribution in [-0.4, -0.2) is 18.4 Å². The molecule has 2 heterocycles. The van der Waals surface area contributed by atoms with Crippen LogP contribution in [0.4, 0.5) is 0 Å². The van der Waals surface area contributed by atoms with Gasteiger partial charge in [0.15, 0.2) is 0 Å².